The zero-order chi connectivity index (χ0) is 16.5. The van der Waals surface area contributed by atoms with Gasteiger partial charge in [-0.3, -0.25) is 4.79 Å². The van der Waals surface area contributed by atoms with Crippen molar-refractivity contribution in [2.75, 3.05) is 12.5 Å². The number of hydrogen-bond acceptors (Lipinski definition) is 3. The molecule has 1 aromatic rings. The Morgan fingerprint density at radius 2 is 1.71 bits per heavy atom. The van der Waals surface area contributed by atoms with Crippen molar-refractivity contribution in [3.63, 3.8) is 0 Å². The first-order chi connectivity index (χ1) is 9.35. The SMILES string of the molecule is CC(=O)Oc1ccc(S(C)(C)[O+]=S(=O)(O)C(F)(F)F)cc1. The van der Waals surface area contributed by atoms with Crippen LogP contribution in [0.3, 0.4) is 0 Å². The van der Waals surface area contributed by atoms with Crippen molar-refractivity contribution in [1.29, 1.82) is 0 Å². The summed E-state index contributed by atoms with van der Waals surface area (Å²) in [6.45, 7) is 1.20. The van der Waals surface area contributed by atoms with Gasteiger partial charge in [-0.05, 0) is 24.3 Å². The van der Waals surface area contributed by atoms with Gasteiger partial charge in [-0.2, -0.15) is 13.2 Å². The maximum absolute atomic E-state index is 12.4. The maximum atomic E-state index is 12.4. The van der Waals surface area contributed by atoms with Crippen molar-refractivity contribution in [2.45, 2.75) is 17.3 Å². The molecule has 0 spiro atoms. The third-order valence-electron chi connectivity index (χ3n) is 2.21. The molecule has 21 heavy (non-hydrogen) atoms. The van der Waals surface area contributed by atoms with E-state index in [1.54, 1.807) is 0 Å². The van der Waals surface area contributed by atoms with Crippen molar-refractivity contribution in [3.05, 3.63) is 24.3 Å². The first-order valence-electron chi connectivity index (χ1n) is 5.41. The second-order valence-electron chi connectivity index (χ2n) is 4.29. The number of ether oxygens (including phenoxy) is 1. The summed E-state index contributed by atoms with van der Waals surface area (Å²) in [5.74, 6) is -0.331. The Labute approximate surface area is 121 Å². The quantitative estimate of drug-likeness (QED) is 0.300. The molecular weight excluding hydrogens is 333 g/mol. The van der Waals surface area contributed by atoms with E-state index in [0.717, 1.165) is 0 Å². The number of benzene rings is 1. The highest BCUT2D eigenvalue weighted by atomic mass is 32.3. The van der Waals surface area contributed by atoms with E-state index < -0.39 is 31.9 Å². The van der Waals surface area contributed by atoms with Crippen LogP contribution in [-0.2, 0) is 18.2 Å². The molecule has 0 saturated carbocycles. The van der Waals surface area contributed by atoms with Crippen LogP contribution in [0.15, 0.2) is 29.2 Å². The van der Waals surface area contributed by atoms with Crippen LogP contribution in [-0.4, -0.2) is 32.8 Å². The number of alkyl halides is 3. The first-order valence-corrected chi connectivity index (χ1v) is 9.22. The van der Waals surface area contributed by atoms with Gasteiger partial charge in [-0.15, -0.1) is 7.49 Å². The lowest BCUT2D eigenvalue weighted by Crippen LogP contribution is -2.24. The van der Waals surface area contributed by atoms with Crippen molar-refractivity contribution in [2.24, 2.45) is 0 Å². The normalized spacial score (nSPS) is 16.0. The van der Waals surface area contributed by atoms with Gasteiger partial charge in [0.1, 0.15) is 16.1 Å². The maximum Gasteiger partial charge on any atom is 0.576 e. The molecule has 0 amide bonds. The summed E-state index contributed by atoms with van der Waals surface area (Å²) >= 11 is 0. The molecule has 1 unspecified atom stereocenters. The fourth-order valence-electron chi connectivity index (χ4n) is 1.31. The molecule has 1 rings (SSSR count). The molecule has 0 aliphatic heterocycles. The van der Waals surface area contributed by atoms with E-state index in [-0.39, 0.29) is 5.75 Å². The van der Waals surface area contributed by atoms with Crippen molar-refractivity contribution in [3.8, 4) is 5.75 Å². The highest BCUT2D eigenvalue weighted by molar-refractivity contribution is 8.29. The Morgan fingerprint density at radius 3 is 2.10 bits per heavy atom. The molecule has 0 fully saturated rings. The van der Waals surface area contributed by atoms with Crippen LogP contribution >= 0.6 is 10.3 Å². The number of hydrogen-bond donors (Lipinski definition) is 1. The summed E-state index contributed by atoms with van der Waals surface area (Å²) in [6, 6.07) is 5.47. The van der Waals surface area contributed by atoms with E-state index in [0.29, 0.717) is 4.90 Å². The molecule has 0 bridgehead atoms. The van der Waals surface area contributed by atoms with Crippen LogP contribution in [0.5, 0.6) is 5.75 Å². The van der Waals surface area contributed by atoms with E-state index in [2.05, 4.69) is 3.29 Å². The van der Waals surface area contributed by atoms with Crippen LogP contribution < -0.4 is 4.74 Å². The summed E-state index contributed by atoms with van der Waals surface area (Å²) < 4.78 is 66.5. The molecule has 0 aromatic heterocycles. The zero-order valence-electron chi connectivity index (χ0n) is 11.3. The van der Waals surface area contributed by atoms with Crippen LogP contribution in [0.2, 0.25) is 0 Å². The van der Waals surface area contributed by atoms with Crippen LogP contribution in [0.25, 0.3) is 0 Å². The molecule has 0 radical (unpaired) electrons. The predicted octanol–water partition coefficient (Wildman–Crippen LogP) is 3.11. The molecule has 5 nitrogen and oxygen atoms in total. The number of carbonyl (C=O) groups excluding carboxylic acids is 1. The molecule has 1 N–H and O–H groups in total. The molecule has 0 aliphatic rings. The van der Waals surface area contributed by atoms with Gasteiger partial charge in [0.25, 0.3) is 0 Å². The molecule has 1 aromatic carbocycles. The van der Waals surface area contributed by atoms with E-state index in [1.807, 2.05) is 0 Å². The summed E-state index contributed by atoms with van der Waals surface area (Å²) in [4.78, 5) is 11.1. The average Bonchev–Trinajstić information content (AvgIpc) is 2.25. The summed E-state index contributed by atoms with van der Waals surface area (Å²) in [6.07, 6.45) is 2.60. The van der Waals surface area contributed by atoms with Crippen LogP contribution in [0.1, 0.15) is 6.92 Å². The van der Waals surface area contributed by atoms with E-state index in [4.69, 9.17) is 9.29 Å². The van der Waals surface area contributed by atoms with E-state index in [9.17, 15) is 22.2 Å². The monoisotopic (exact) mass is 347 g/mol. The topological polar surface area (TPSA) is 74.9 Å². The molecule has 1 atom stereocenters. The van der Waals surface area contributed by atoms with Gasteiger partial charge in [0.2, 0.25) is 0 Å². The molecule has 120 valence electrons. The Morgan fingerprint density at radius 1 is 1.24 bits per heavy atom. The second kappa shape index (κ2) is 5.85. The van der Waals surface area contributed by atoms with Crippen molar-refractivity contribution in [1.82, 2.24) is 0 Å². The van der Waals surface area contributed by atoms with Crippen LogP contribution in [0.4, 0.5) is 13.2 Å². The molecule has 0 saturated heterocycles. The fourth-order valence-corrected chi connectivity index (χ4v) is 4.57. The van der Waals surface area contributed by atoms with Crippen molar-refractivity contribution >= 4 is 26.4 Å². The third-order valence-corrected chi connectivity index (χ3v) is 6.30. The highest BCUT2D eigenvalue weighted by Crippen LogP contribution is 2.49. The molecule has 10 heteroatoms. The third kappa shape index (κ3) is 4.61. The lowest BCUT2D eigenvalue weighted by molar-refractivity contribution is -0.131. The number of carbonyl (C=O) groups is 1. The Hall–Kier alpha value is -1.26. The Kier molecular flexibility index (Phi) is 4.96. The number of rotatable bonds is 3. The summed E-state index contributed by atoms with van der Waals surface area (Å²) in [5.41, 5.74) is -5.37. The van der Waals surface area contributed by atoms with E-state index in [1.165, 1.54) is 43.7 Å². The second-order valence-corrected chi connectivity index (χ2v) is 9.18. The van der Waals surface area contributed by atoms with Gasteiger partial charge in [0.15, 0.2) is 0 Å². The molecular formula is C11H14F3O5S2+. The van der Waals surface area contributed by atoms with Crippen LogP contribution in [0, 0.1) is 0 Å². The van der Waals surface area contributed by atoms with Gasteiger partial charge in [-0.1, -0.05) is 0 Å². The number of esters is 1. The summed E-state index contributed by atoms with van der Waals surface area (Å²) in [7, 11) is -8.06. The Bertz CT molecular complexity index is 643. The van der Waals surface area contributed by atoms with Gasteiger partial charge in [0.05, 0.1) is 17.4 Å². The van der Waals surface area contributed by atoms with E-state index >= 15 is 0 Å². The Balaban J connectivity index is 3.17. The van der Waals surface area contributed by atoms with Gasteiger partial charge < -0.3 is 4.74 Å². The van der Waals surface area contributed by atoms with Gasteiger partial charge >= 0.3 is 21.6 Å². The summed E-state index contributed by atoms with van der Waals surface area (Å²) in [5, 5.41) is 0. The lowest BCUT2D eigenvalue weighted by atomic mass is 10.3. The highest BCUT2D eigenvalue weighted by Gasteiger charge is 2.55. The smallest absolute Gasteiger partial charge is 0.427 e. The largest absolute Gasteiger partial charge is 0.576 e. The van der Waals surface area contributed by atoms with Crippen molar-refractivity contribution < 1.29 is 34.7 Å². The molecule has 0 aliphatic carbocycles. The number of halogens is 3. The molecule has 0 heterocycles. The predicted molar refractivity (Wildman–Crippen MR) is 73.0 cm³/mol. The standard InChI is InChI=1S/C11H13F3O5S2/c1-8(15)18-9-4-6-10(7-5-9)20(2,3)19-21(16,17)11(12,13)14/h4-7H,1-3H3/p+1. The minimum atomic E-state index is -5.43. The lowest BCUT2D eigenvalue weighted by Gasteiger charge is -2.15. The van der Waals surface area contributed by atoms with Gasteiger partial charge in [0, 0.05) is 6.92 Å². The minimum absolute atomic E-state index is 0.210. The fraction of sp³-hybridized carbons (Fsp3) is 0.364. The average molecular weight is 347 g/mol. The minimum Gasteiger partial charge on any atom is -0.427 e. The zero-order valence-corrected chi connectivity index (χ0v) is 13.0. The first kappa shape index (κ1) is 17.8. The van der Waals surface area contributed by atoms with Gasteiger partial charge in [-0.25, -0.2) is 4.55 Å².